The Kier molecular flexibility index (Phi) is 5.41. The molecule has 22 heavy (non-hydrogen) atoms. The van der Waals surface area contributed by atoms with Crippen LogP contribution < -0.4 is 10.5 Å². The third-order valence-corrected chi connectivity index (χ3v) is 5.66. The molecule has 1 aliphatic rings. The Morgan fingerprint density at radius 3 is 2.91 bits per heavy atom. The number of sulfonamides is 1. The van der Waals surface area contributed by atoms with Gasteiger partial charge in [-0.3, -0.25) is 0 Å². The van der Waals surface area contributed by atoms with Gasteiger partial charge in [-0.25, -0.2) is 23.3 Å². The van der Waals surface area contributed by atoms with Crippen LogP contribution in [0, 0.1) is 5.92 Å². The molecule has 2 rings (SSSR count). The minimum atomic E-state index is -3.48. The quantitative estimate of drug-likeness (QED) is 0.832. The number of likely N-dealkylation sites (tertiary alicyclic amines) is 1. The van der Waals surface area contributed by atoms with Crippen molar-refractivity contribution in [1.29, 1.82) is 0 Å². The number of thiazole rings is 1. The molecule has 1 unspecified atom stereocenters. The number of hydrogen-bond donors (Lipinski definition) is 2. The van der Waals surface area contributed by atoms with E-state index in [1.807, 2.05) is 5.38 Å². The number of nitrogens with two attached hydrogens (primary N) is 1. The number of carbonyl (C=O) groups excluding carboxylic acids is 1. The van der Waals surface area contributed by atoms with Crippen molar-refractivity contribution in [3.8, 4) is 0 Å². The monoisotopic (exact) mass is 346 g/mol. The number of urea groups is 1. The summed E-state index contributed by atoms with van der Waals surface area (Å²) in [6.07, 6.45) is 0.665. The minimum absolute atomic E-state index is 0.0688. The lowest BCUT2D eigenvalue weighted by atomic mass is 10.2. The molecule has 2 heterocycles. The molecule has 0 bridgehead atoms. The number of aromatic nitrogens is 1. The SMILES string of the molecule is CC(C)c1nc(CNC(=O)N2CCC(CS(N)(=O)=O)C2)cs1. The zero-order valence-electron chi connectivity index (χ0n) is 12.8. The molecule has 1 aromatic heterocycles. The van der Waals surface area contributed by atoms with Crippen molar-refractivity contribution in [3.63, 3.8) is 0 Å². The summed E-state index contributed by atoms with van der Waals surface area (Å²) in [5.74, 6) is 0.236. The van der Waals surface area contributed by atoms with E-state index in [2.05, 4.69) is 24.1 Å². The first-order valence-corrected chi connectivity index (χ1v) is 9.81. The van der Waals surface area contributed by atoms with Gasteiger partial charge in [0.05, 0.1) is 23.0 Å². The molecule has 1 saturated heterocycles. The number of nitrogens with zero attached hydrogens (tertiary/aromatic N) is 2. The average molecular weight is 346 g/mol. The Bertz CT molecular complexity index is 627. The molecule has 0 saturated carbocycles. The van der Waals surface area contributed by atoms with Gasteiger partial charge in [0.2, 0.25) is 10.0 Å². The molecule has 0 aliphatic carbocycles. The van der Waals surface area contributed by atoms with Crippen LogP contribution in [0.25, 0.3) is 0 Å². The van der Waals surface area contributed by atoms with Crippen LogP contribution in [0.15, 0.2) is 5.38 Å². The Morgan fingerprint density at radius 2 is 2.32 bits per heavy atom. The molecule has 1 aromatic rings. The fourth-order valence-corrected chi connectivity index (χ4v) is 4.19. The van der Waals surface area contributed by atoms with Crippen LogP contribution in [0.5, 0.6) is 0 Å². The molecule has 0 spiro atoms. The van der Waals surface area contributed by atoms with Gasteiger partial charge in [-0.15, -0.1) is 11.3 Å². The standard InChI is InChI=1S/C13H22N4O3S2/c1-9(2)12-16-11(7-21-12)5-15-13(18)17-4-3-10(6-17)8-22(14,19)20/h7,9-10H,3-6,8H2,1-2H3,(H,15,18)(H2,14,19,20). The lowest BCUT2D eigenvalue weighted by molar-refractivity contribution is 0.207. The Hall–Kier alpha value is -1.19. The van der Waals surface area contributed by atoms with Crippen LogP contribution >= 0.6 is 11.3 Å². The number of rotatable bonds is 5. The van der Waals surface area contributed by atoms with Crippen LogP contribution in [-0.2, 0) is 16.6 Å². The maximum absolute atomic E-state index is 12.1. The second-order valence-corrected chi connectivity index (χ2v) is 8.47. The van der Waals surface area contributed by atoms with E-state index in [1.54, 1.807) is 16.2 Å². The van der Waals surface area contributed by atoms with Gasteiger partial charge < -0.3 is 10.2 Å². The summed E-state index contributed by atoms with van der Waals surface area (Å²) in [6.45, 7) is 5.53. The number of primary sulfonamides is 1. The van der Waals surface area contributed by atoms with E-state index in [9.17, 15) is 13.2 Å². The van der Waals surface area contributed by atoms with Crippen molar-refractivity contribution in [2.75, 3.05) is 18.8 Å². The van der Waals surface area contributed by atoms with Gasteiger partial charge in [0.25, 0.3) is 0 Å². The van der Waals surface area contributed by atoms with E-state index >= 15 is 0 Å². The molecule has 9 heteroatoms. The fraction of sp³-hybridized carbons (Fsp3) is 0.692. The molecule has 1 aliphatic heterocycles. The Morgan fingerprint density at radius 1 is 1.59 bits per heavy atom. The summed E-state index contributed by atoms with van der Waals surface area (Å²) in [5, 5.41) is 10.9. The number of amides is 2. The highest BCUT2D eigenvalue weighted by Gasteiger charge is 2.28. The van der Waals surface area contributed by atoms with Crippen molar-refractivity contribution in [2.45, 2.75) is 32.7 Å². The van der Waals surface area contributed by atoms with Gasteiger partial charge in [-0.1, -0.05) is 13.8 Å². The second kappa shape index (κ2) is 6.93. The maximum atomic E-state index is 12.1. The summed E-state index contributed by atoms with van der Waals surface area (Å²) in [4.78, 5) is 18.2. The molecule has 1 fully saturated rings. The predicted octanol–water partition coefficient (Wildman–Crippen LogP) is 1.09. The predicted molar refractivity (Wildman–Crippen MR) is 86.1 cm³/mol. The lowest BCUT2D eigenvalue weighted by Gasteiger charge is -2.16. The average Bonchev–Trinajstić information content (AvgIpc) is 3.02. The van der Waals surface area contributed by atoms with Gasteiger partial charge in [-0.05, 0) is 12.3 Å². The number of carbonyl (C=O) groups is 1. The summed E-state index contributed by atoms with van der Waals surface area (Å²) in [6, 6.07) is -0.184. The van der Waals surface area contributed by atoms with Crippen molar-refractivity contribution in [2.24, 2.45) is 11.1 Å². The van der Waals surface area contributed by atoms with Crippen LogP contribution in [-0.4, -0.2) is 43.2 Å². The largest absolute Gasteiger partial charge is 0.332 e. The fourth-order valence-electron chi connectivity index (χ4n) is 2.43. The molecule has 7 nitrogen and oxygen atoms in total. The van der Waals surface area contributed by atoms with E-state index in [-0.39, 0.29) is 17.7 Å². The first-order chi connectivity index (χ1) is 10.2. The van der Waals surface area contributed by atoms with Crippen LogP contribution in [0.1, 0.15) is 36.9 Å². The molecule has 0 radical (unpaired) electrons. The van der Waals surface area contributed by atoms with Crippen molar-refractivity contribution < 1.29 is 13.2 Å². The molecular formula is C13H22N4O3S2. The van der Waals surface area contributed by atoms with E-state index < -0.39 is 10.0 Å². The van der Waals surface area contributed by atoms with Gasteiger partial charge >= 0.3 is 6.03 Å². The molecular weight excluding hydrogens is 324 g/mol. The lowest BCUT2D eigenvalue weighted by Crippen LogP contribution is -2.38. The van der Waals surface area contributed by atoms with Crippen LogP contribution in [0.2, 0.25) is 0 Å². The minimum Gasteiger partial charge on any atom is -0.332 e. The van der Waals surface area contributed by atoms with Crippen LogP contribution in [0.3, 0.4) is 0 Å². The molecule has 0 aromatic carbocycles. The van der Waals surface area contributed by atoms with Crippen molar-refractivity contribution in [3.05, 3.63) is 16.1 Å². The number of nitrogens with one attached hydrogen (secondary N) is 1. The van der Waals surface area contributed by atoms with Gasteiger partial charge in [0.15, 0.2) is 0 Å². The Balaban J connectivity index is 1.80. The highest BCUT2D eigenvalue weighted by Crippen LogP contribution is 2.20. The zero-order valence-corrected chi connectivity index (χ0v) is 14.4. The summed E-state index contributed by atoms with van der Waals surface area (Å²) in [7, 11) is -3.48. The highest BCUT2D eigenvalue weighted by atomic mass is 32.2. The van der Waals surface area contributed by atoms with Crippen molar-refractivity contribution in [1.82, 2.24) is 15.2 Å². The maximum Gasteiger partial charge on any atom is 0.317 e. The molecule has 2 amide bonds. The summed E-state index contributed by atoms with van der Waals surface area (Å²) >= 11 is 1.59. The smallest absolute Gasteiger partial charge is 0.317 e. The first-order valence-electron chi connectivity index (χ1n) is 7.22. The van der Waals surface area contributed by atoms with Crippen LogP contribution in [0.4, 0.5) is 4.79 Å². The Labute approximate surface area is 135 Å². The summed E-state index contributed by atoms with van der Waals surface area (Å²) < 4.78 is 22.2. The van der Waals surface area contributed by atoms with Crippen molar-refractivity contribution >= 4 is 27.4 Å². The van der Waals surface area contributed by atoms with E-state index in [1.165, 1.54) is 0 Å². The first kappa shape index (κ1) is 17.2. The third-order valence-electron chi connectivity index (χ3n) is 3.53. The van der Waals surface area contributed by atoms with E-state index in [0.29, 0.717) is 32.0 Å². The highest BCUT2D eigenvalue weighted by molar-refractivity contribution is 7.89. The summed E-state index contributed by atoms with van der Waals surface area (Å²) in [5.41, 5.74) is 0.849. The van der Waals surface area contributed by atoms with E-state index in [4.69, 9.17) is 5.14 Å². The van der Waals surface area contributed by atoms with E-state index in [0.717, 1.165) is 10.7 Å². The zero-order chi connectivity index (χ0) is 16.3. The molecule has 1 atom stereocenters. The van der Waals surface area contributed by atoms with Gasteiger partial charge in [0.1, 0.15) is 0 Å². The molecule has 3 N–H and O–H groups in total. The van der Waals surface area contributed by atoms with Gasteiger partial charge in [-0.2, -0.15) is 0 Å². The number of hydrogen-bond acceptors (Lipinski definition) is 5. The third kappa shape index (κ3) is 4.92. The second-order valence-electron chi connectivity index (χ2n) is 5.92. The normalized spacial score (nSPS) is 18.9. The van der Waals surface area contributed by atoms with Gasteiger partial charge in [0, 0.05) is 24.4 Å². The topological polar surface area (TPSA) is 105 Å². The molecule has 124 valence electrons.